The van der Waals surface area contributed by atoms with Crippen LogP contribution in [0, 0.1) is 0 Å². The Hall–Kier alpha value is -1.26. The number of carbonyl (C=O) groups excluding carboxylic acids is 1. The molecule has 1 aromatic rings. The van der Waals surface area contributed by atoms with E-state index in [0.29, 0.717) is 11.6 Å². The molecule has 1 aliphatic carbocycles. The Labute approximate surface area is 112 Å². The second-order valence-electron chi connectivity index (χ2n) is 4.67. The van der Waals surface area contributed by atoms with E-state index in [9.17, 15) is 4.79 Å². The molecule has 1 aromatic carbocycles. The van der Waals surface area contributed by atoms with E-state index in [0.717, 1.165) is 18.4 Å². The Balaban J connectivity index is 2.07. The van der Waals surface area contributed by atoms with Crippen LogP contribution >= 0.6 is 11.6 Å². The number of carbonyl (C=O) groups is 1. The van der Waals surface area contributed by atoms with E-state index in [-0.39, 0.29) is 18.2 Å². The SMILES string of the molecule is CN(CCO)C(=O)NC1(c2cccc(Cl)c2)CC1. The Morgan fingerprint density at radius 3 is 2.83 bits per heavy atom. The smallest absolute Gasteiger partial charge is 0.317 e. The molecule has 0 bridgehead atoms. The van der Waals surface area contributed by atoms with E-state index >= 15 is 0 Å². The normalized spacial score (nSPS) is 16.2. The number of hydrogen-bond acceptors (Lipinski definition) is 2. The zero-order valence-corrected chi connectivity index (χ0v) is 11.1. The van der Waals surface area contributed by atoms with Gasteiger partial charge in [-0.2, -0.15) is 0 Å². The van der Waals surface area contributed by atoms with Crippen molar-refractivity contribution in [1.82, 2.24) is 10.2 Å². The van der Waals surface area contributed by atoms with Crippen molar-refractivity contribution in [1.29, 1.82) is 0 Å². The molecule has 2 amide bonds. The Bertz CT molecular complexity index is 446. The molecule has 1 saturated carbocycles. The van der Waals surface area contributed by atoms with Gasteiger partial charge in [0.25, 0.3) is 0 Å². The molecule has 2 N–H and O–H groups in total. The number of benzene rings is 1. The molecule has 0 heterocycles. The maximum Gasteiger partial charge on any atom is 0.317 e. The summed E-state index contributed by atoms with van der Waals surface area (Å²) < 4.78 is 0. The lowest BCUT2D eigenvalue weighted by molar-refractivity contribution is 0.186. The van der Waals surface area contributed by atoms with Crippen LogP contribution in [0.5, 0.6) is 0 Å². The second-order valence-corrected chi connectivity index (χ2v) is 5.10. The number of likely N-dealkylation sites (N-methyl/N-ethyl adjacent to an activating group) is 1. The first-order valence-corrected chi connectivity index (χ1v) is 6.35. The van der Waals surface area contributed by atoms with Crippen LogP contribution in [0.3, 0.4) is 0 Å². The summed E-state index contributed by atoms with van der Waals surface area (Å²) in [5.41, 5.74) is 0.770. The highest BCUT2D eigenvalue weighted by Crippen LogP contribution is 2.46. The van der Waals surface area contributed by atoms with Crippen LogP contribution in [0.1, 0.15) is 18.4 Å². The maximum atomic E-state index is 11.9. The molecule has 0 saturated heterocycles. The lowest BCUT2D eigenvalue weighted by Gasteiger charge is -2.23. The van der Waals surface area contributed by atoms with Gasteiger partial charge in [-0.05, 0) is 30.5 Å². The van der Waals surface area contributed by atoms with Gasteiger partial charge in [0.1, 0.15) is 0 Å². The number of rotatable bonds is 4. The molecule has 0 spiro atoms. The van der Waals surface area contributed by atoms with E-state index in [4.69, 9.17) is 16.7 Å². The van der Waals surface area contributed by atoms with Crippen molar-refractivity contribution in [2.75, 3.05) is 20.2 Å². The summed E-state index contributed by atoms with van der Waals surface area (Å²) in [4.78, 5) is 13.4. The molecule has 2 rings (SSSR count). The lowest BCUT2D eigenvalue weighted by Crippen LogP contribution is -2.44. The lowest BCUT2D eigenvalue weighted by atomic mass is 10.1. The number of amides is 2. The largest absolute Gasteiger partial charge is 0.395 e. The number of urea groups is 1. The van der Waals surface area contributed by atoms with Crippen molar-refractivity contribution < 1.29 is 9.90 Å². The third kappa shape index (κ3) is 2.76. The van der Waals surface area contributed by atoms with Gasteiger partial charge < -0.3 is 15.3 Å². The van der Waals surface area contributed by atoms with Crippen LogP contribution in [-0.4, -0.2) is 36.2 Å². The quantitative estimate of drug-likeness (QED) is 0.877. The van der Waals surface area contributed by atoms with Crippen LogP contribution in [0.25, 0.3) is 0 Å². The van der Waals surface area contributed by atoms with Crippen molar-refractivity contribution in [3.63, 3.8) is 0 Å². The highest BCUT2D eigenvalue weighted by atomic mass is 35.5. The average molecular weight is 269 g/mol. The molecular formula is C13H17ClN2O2. The van der Waals surface area contributed by atoms with Crippen LogP contribution in [-0.2, 0) is 5.54 Å². The molecule has 18 heavy (non-hydrogen) atoms. The summed E-state index contributed by atoms with van der Waals surface area (Å²) in [5, 5.41) is 12.5. The second kappa shape index (κ2) is 5.16. The van der Waals surface area contributed by atoms with Crippen LogP contribution in [0.2, 0.25) is 5.02 Å². The fourth-order valence-electron chi connectivity index (χ4n) is 1.95. The Morgan fingerprint density at radius 2 is 2.28 bits per heavy atom. The summed E-state index contributed by atoms with van der Waals surface area (Å²) >= 11 is 5.97. The van der Waals surface area contributed by atoms with E-state index in [1.54, 1.807) is 7.05 Å². The summed E-state index contributed by atoms with van der Waals surface area (Å²) in [6, 6.07) is 7.41. The van der Waals surface area contributed by atoms with Crippen LogP contribution < -0.4 is 5.32 Å². The van der Waals surface area contributed by atoms with Crippen LogP contribution in [0.15, 0.2) is 24.3 Å². The van der Waals surface area contributed by atoms with Gasteiger partial charge in [-0.3, -0.25) is 0 Å². The van der Waals surface area contributed by atoms with Crippen molar-refractivity contribution >= 4 is 17.6 Å². The number of aliphatic hydroxyl groups excluding tert-OH is 1. The van der Waals surface area contributed by atoms with Gasteiger partial charge >= 0.3 is 6.03 Å². The number of nitrogens with one attached hydrogen (secondary N) is 1. The standard InChI is InChI=1S/C13H17ClN2O2/c1-16(7-8-17)12(18)15-13(5-6-13)10-3-2-4-11(14)9-10/h2-4,9,17H,5-8H2,1H3,(H,15,18). The fraction of sp³-hybridized carbons (Fsp3) is 0.462. The van der Waals surface area contributed by atoms with E-state index < -0.39 is 0 Å². The molecule has 1 aliphatic rings. The summed E-state index contributed by atoms with van der Waals surface area (Å²) in [6.07, 6.45) is 1.85. The van der Waals surface area contributed by atoms with Crippen molar-refractivity contribution in [3.05, 3.63) is 34.9 Å². The fourth-order valence-corrected chi connectivity index (χ4v) is 2.14. The monoisotopic (exact) mass is 268 g/mol. The molecule has 0 radical (unpaired) electrons. The molecular weight excluding hydrogens is 252 g/mol. The van der Waals surface area contributed by atoms with Gasteiger partial charge in [-0.15, -0.1) is 0 Å². The molecule has 4 nitrogen and oxygen atoms in total. The number of aliphatic hydroxyl groups is 1. The molecule has 1 fully saturated rings. The summed E-state index contributed by atoms with van der Waals surface area (Å²) in [6.45, 7) is 0.297. The average Bonchev–Trinajstić information content (AvgIpc) is 3.10. The van der Waals surface area contributed by atoms with Gasteiger partial charge in [0.2, 0.25) is 0 Å². The number of halogens is 1. The van der Waals surface area contributed by atoms with Crippen molar-refractivity contribution in [2.24, 2.45) is 0 Å². The molecule has 0 aromatic heterocycles. The molecule has 0 aliphatic heterocycles. The van der Waals surface area contributed by atoms with E-state index in [1.165, 1.54) is 4.90 Å². The third-order valence-corrected chi connectivity index (χ3v) is 3.49. The Kier molecular flexibility index (Phi) is 3.78. The number of hydrogen-bond donors (Lipinski definition) is 2. The summed E-state index contributed by atoms with van der Waals surface area (Å²) in [5.74, 6) is 0. The molecule has 0 atom stereocenters. The third-order valence-electron chi connectivity index (χ3n) is 3.26. The first-order chi connectivity index (χ1) is 8.57. The minimum Gasteiger partial charge on any atom is -0.395 e. The maximum absolute atomic E-state index is 11.9. The van der Waals surface area contributed by atoms with Gasteiger partial charge in [-0.25, -0.2) is 4.79 Å². The first kappa shape index (κ1) is 13.2. The minimum atomic E-state index is -0.272. The van der Waals surface area contributed by atoms with E-state index in [2.05, 4.69) is 5.32 Å². The molecule has 0 unspecified atom stereocenters. The van der Waals surface area contributed by atoms with Crippen LogP contribution in [0.4, 0.5) is 4.79 Å². The van der Waals surface area contributed by atoms with Crippen molar-refractivity contribution in [3.8, 4) is 0 Å². The first-order valence-electron chi connectivity index (χ1n) is 5.97. The predicted octanol–water partition coefficient (Wildman–Crippen LogP) is 1.96. The molecule has 5 heteroatoms. The van der Waals surface area contributed by atoms with E-state index in [1.807, 2.05) is 24.3 Å². The molecule has 98 valence electrons. The van der Waals surface area contributed by atoms with Crippen molar-refractivity contribution in [2.45, 2.75) is 18.4 Å². The topological polar surface area (TPSA) is 52.6 Å². The highest BCUT2D eigenvalue weighted by molar-refractivity contribution is 6.30. The summed E-state index contributed by atoms with van der Waals surface area (Å²) in [7, 11) is 1.67. The Morgan fingerprint density at radius 1 is 1.56 bits per heavy atom. The van der Waals surface area contributed by atoms with Gasteiger partial charge in [0.05, 0.1) is 12.1 Å². The zero-order chi connectivity index (χ0) is 13.2. The highest BCUT2D eigenvalue weighted by Gasteiger charge is 2.46. The zero-order valence-electron chi connectivity index (χ0n) is 10.3. The number of nitrogens with zero attached hydrogens (tertiary/aromatic N) is 1. The predicted molar refractivity (Wildman–Crippen MR) is 70.6 cm³/mol. The van der Waals surface area contributed by atoms with Gasteiger partial charge in [0.15, 0.2) is 0 Å². The minimum absolute atomic E-state index is 0.0336. The van der Waals surface area contributed by atoms with Gasteiger partial charge in [0, 0.05) is 18.6 Å². The van der Waals surface area contributed by atoms with Gasteiger partial charge in [-0.1, -0.05) is 23.7 Å².